The van der Waals surface area contributed by atoms with E-state index in [0.717, 1.165) is 30.9 Å². The van der Waals surface area contributed by atoms with Crippen LogP contribution in [0.1, 0.15) is 47.2 Å². The van der Waals surface area contributed by atoms with Gasteiger partial charge in [-0.25, -0.2) is 15.0 Å². The molecule has 0 unspecified atom stereocenters. The Morgan fingerprint density at radius 2 is 1.64 bits per heavy atom. The number of nitrogens with zero attached hydrogens (tertiary/aromatic N) is 5. The summed E-state index contributed by atoms with van der Waals surface area (Å²) in [7, 11) is 1.97. The Bertz CT molecular complexity index is 1280. The van der Waals surface area contributed by atoms with Crippen molar-refractivity contribution in [2.24, 2.45) is 7.05 Å². The van der Waals surface area contributed by atoms with Crippen molar-refractivity contribution in [3.8, 4) is 11.5 Å². The van der Waals surface area contributed by atoms with Gasteiger partial charge in [-0.3, -0.25) is 0 Å². The minimum atomic E-state index is 0.186. The maximum atomic E-state index is 4.87. The Hall–Kier alpha value is -3.47. The zero-order valence-electron chi connectivity index (χ0n) is 19.3. The van der Waals surface area contributed by atoms with Crippen molar-refractivity contribution in [2.45, 2.75) is 44.6 Å². The van der Waals surface area contributed by atoms with E-state index in [-0.39, 0.29) is 5.41 Å². The topological polar surface area (TPSA) is 46.8 Å². The van der Waals surface area contributed by atoms with Crippen molar-refractivity contribution in [3.05, 3.63) is 95.2 Å². The van der Waals surface area contributed by atoms with Crippen LogP contribution in [-0.2, 0) is 25.4 Å². The lowest BCUT2D eigenvalue weighted by atomic mass is 9.60. The van der Waals surface area contributed by atoms with Crippen LogP contribution >= 0.6 is 0 Å². The first-order valence-electron chi connectivity index (χ1n) is 11.9. The van der Waals surface area contributed by atoms with Crippen LogP contribution < -0.4 is 4.90 Å². The van der Waals surface area contributed by atoms with Gasteiger partial charge in [-0.05, 0) is 55.0 Å². The first-order chi connectivity index (χ1) is 16.1. The molecule has 1 aliphatic heterocycles. The van der Waals surface area contributed by atoms with Crippen molar-refractivity contribution in [1.29, 1.82) is 0 Å². The van der Waals surface area contributed by atoms with Gasteiger partial charge in [0.15, 0.2) is 5.82 Å². The maximum absolute atomic E-state index is 4.87. The van der Waals surface area contributed by atoms with Crippen LogP contribution in [0.25, 0.3) is 11.5 Å². The monoisotopic (exact) mass is 435 g/mol. The lowest BCUT2D eigenvalue weighted by Gasteiger charge is -2.43. The molecule has 2 aromatic carbocycles. The molecule has 5 heteroatoms. The Morgan fingerprint density at radius 3 is 2.27 bits per heavy atom. The zero-order chi connectivity index (χ0) is 22.4. The maximum Gasteiger partial charge on any atom is 0.180 e. The number of hydrogen-bond donors (Lipinski definition) is 0. The second-order valence-electron chi connectivity index (χ2n) is 9.61. The molecule has 0 amide bonds. The number of aryl methyl sites for hydroxylation is 2. The van der Waals surface area contributed by atoms with Gasteiger partial charge in [-0.1, -0.05) is 48.4 Å². The number of fused-ring (bicyclic) bond motifs is 1. The molecule has 0 radical (unpaired) electrons. The molecule has 0 saturated heterocycles. The van der Waals surface area contributed by atoms with Crippen LogP contribution in [0.2, 0.25) is 0 Å². The first kappa shape index (κ1) is 20.2. The predicted octanol–water partition coefficient (Wildman–Crippen LogP) is 5.22. The molecule has 166 valence electrons. The van der Waals surface area contributed by atoms with Gasteiger partial charge in [-0.15, -0.1) is 0 Å². The van der Waals surface area contributed by atoms with Gasteiger partial charge in [-0.2, -0.15) is 0 Å². The Balaban J connectivity index is 1.25. The second kappa shape index (κ2) is 7.84. The normalized spacial score (nSPS) is 16.8. The van der Waals surface area contributed by atoms with Gasteiger partial charge >= 0.3 is 0 Å². The summed E-state index contributed by atoms with van der Waals surface area (Å²) in [5.41, 5.74) is 8.85. The van der Waals surface area contributed by atoms with Crippen LogP contribution in [0, 0.1) is 6.92 Å². The number of imidazole rings is 1. The van der Waals surface area contributed by atoms with Crippen LogP contribution in [0.4, 0.5) is 5.69 Å². The lowest BCUT2D eigenvalue weighted by Crippen LogP contribution is -2.35. The second-order valence-corrected chi connectivity index (χ2v) is 9.61. The smallest absolute Gasteiger partial charge is 0.180 e. The van der Waals surface area contributed by atoms with Gasteiger partial charge in [0.05, 0.1) is 18.6 Å². The van der Waals surface area contributed by atoms with Crippen molar-refractivity contribution >= 4 is 5.69 Å². The third-order valence-corrected chi connectivity index (χ3v) is 7.48. The molecule has 2 aromatic heterocycles. The van der Waals surface area contributed by atoms with Gasteiger partial charge in [0, 0.05) is 37.1 Å². The molecule has 0 spiro atoms. The lowest BCUT2D eigenvalue weighted by molar-refractivity contribution is 0.301. The SMILES string of the molecule is Cc1ccc(C2(c3ccc(N4CCc5cnc(-c6cn(C)cn6)nc5C4)cc3)CCC2)cc1. The minimum absolute atomic E-state index is 0.186. The highest BCUT2D eigenvalue weighted by Gasteiger charge is 2.40. The summed E-state index contributed by atoms with van der Waals surface area (Å²) in [6.07, 6.45) is 10.5. The fourth-order valence-corrected chi connectivity index (χ4v) is 5.31. The van der Waals surface area contributed by atoms with Crippen LogP contribution in [0.5, 0.6) is 0 Å². The van der Waals surface area contributed by atoms with E-state index in [4.69, 9.17) is 4.98 Å². The van der Waals surface area contributed by atoms with Crippen molar-refractivity contribution in [1.82, 2.24) is 19.5 Å². The van der Waals surface area contributed by atoms with Gasteiger partial charge in [0.25, 0.3) is 0 Å². The third-order valence-electron chi connectivity index (χ3n) is 7.48. The third kappa shape index (κ3) is 3.52. The molecule has 1 fully saturated rings. The summed E-state index contributed by atoms with van der Waals surface area (Å²) >= 11 is 0. The fraction of sp³-hybridized carbons (Fsp3) is 0.321. The quantitative estimate of drug-likeness (QED) is 0.441. The fourth-order valence-electron chi connectivity index (χ4n) is 5.31. The summed E-state index contributed by atoms with van der Waals surface area (Å²) in [5, 5.41) is 0. The van der Waals surface area contributed by atoms with E-state index in [2.05, 4.69) is 70.3 Å². The average molecular weight is 436 g/mol. The van der Waals surface area contributed by atoms with Gasteiger partial charge in [0.1, 0.15) is 5.69 Å². The van der Waals surface area contributed by atoms with Crippen LogP contribution in [0.3, 0.4) is 0 Å². The summed E-state index contributed by atoms with van der Waals surface area (Å²) in [6.45, 7) is 3.95. The molecule has 0 atom stereocenters. The number of anilines is 1. The van der Waals surface area contributed by atoms with E-state index in [1.54, 1.807) is 6.33 Å². The summed E-state index contributed by atoms with van der Waals surface area (Å²) < 4.78 is 1.93. The molecule has 0 N–H and O–H groups in total. The molecular weight excluding hydrogens is 406 g/mol. The van der Waals surface area contributed by atoms with Crippen molar-refractivity contribution < 1.29 is 0 Å². The average Bonchev–Trinajstić information content (AvgIpc) is 3.26. The largest absolute Gasteiger partial charge is 0.365 e. The van der Waals surface area contributed by atoms with Crippen LogP contribution in [-0.4, -0.2) is 26.1 Å². The molecule has 3 heterocycles. The molecule has 0 bridgehead atoms. The van der Waals surface area contributed by atoms with Crippen LogP contribution in [0.15, 0.2) is 67.3 Å². The van der Waals surface area contributed by atoms with Gasteiger partial charge in [0.2, 0.25) is 0 Å². The summed E-state index contributed by atoms with van der Waals surface area (Å²) in [4.78, 5) is 16.3. The standard InChI is InChI=1S/C28H29N5/c1-20-4-6-22(7-5-20)28(13-3-14-28)23-8-10-24(11-9-23)33-15-12-21-16-29-27(31-25(21)18-33)26-17-32(2)19-30-26/h4-11,16-17,19H,3,12-15,18H2,1-2H3. The minimum Gasteiger partial charge on any atom is -0.365 e. The molecule has 6 rings (SSSR count). The predicted molar refractivity (Wildman–Crippen MR) is 131 cm³/mol. The molecule has 33 heavy (non-hydrogen) atoms. The number of benzene rings is 2. The van der Waals surface area contributed by atoms with Gasteiger partial charge < -0.3 is 9.47 Å². The Kier molecular flexibility index (Phi) is 4.79. The Morgan fingerprint density at radius 1 is 0.909 bits per heavy atom. The highest BCUT2D eigenvalue weighted by atomic mass is 15.1. The van der Waals surface area contributed by atoms with Crippen molar-refractivity contribution in [3.63, 3.8) is 0 Å². The summed E-state index contributed by atoms with van der Waals surface area (Å²) in [6, 6.07) is 18.4. The molecule has 5 nitrogen and oxygen atoms in total. The van der Waals surface area contributed by atoms with E-state index >= 15 is 0 Å². The summed E-state index contributed by atoms with van der Waals surface area (Å²) in [5.74, 6) is 0.705. The van der Waals surface area contributed by atoms with Crippen molar-refractivity contribution in [2.75, 3.05) is 11.4 Å². The molecule has 1 saturated carbocycles. The highest BCUT2D eigenvalue weighted by molar-refractivity contribution is 5.54. The molecule has 2 aliphatic rings. The van der Waals surface area contributed by atoms with E-state index in [0.29, 0.717) is 5.82 Å². The molecular formula is C28H29N5. The number of aromatic nitrogens is 4. The number of hydrogen-bond acceptors (Lipinski definition) is 4. The highest BCUT2D eigenvalue weighted by Crippen LogP contribution is 2.49. The molecule has 4 aromatic rings. The first-order valence-corrected chi connectivity index (χ1v) is 11.9. The van der Waals surface area contributed by atoms with E-state index in [9.17, 15) is 0 Å². The van der Waals surface area contributed by atoms with E-state index in [1.165, 1.54) is 47.2 Å². The Labute approximate surface area is 195 Å². The van der Waals surface area contributed by atoms with E-state index in [1.807, 2.05) is 24.0 Å². The number of rotatable bonds is 4. The van der Waals surface area contributed by atoms with E-state index < -0.39 is 0 Å². The molecule has 1 aliphatic carbocycles. The zero-order valence-corrected chi connectivity index (χ0v) is 19.3.